The molecule has 6 heteroatoms. The van der Waals surface area contributed by atoms with E-state index in [2.05, 4.69) is 4.98 Å². The van der Waals surface area contributed by atoms with E-state index in [0.29, 0.717) is 29.1 Å². The summed E-state index contributed by atoms with van der Waals surface area (Å²) in [6, 6.07) is 5.49. The third-order valence-electron chi connectivity index (χ3n) is 4.11. The van der Waals surface area contributed by atoms with Crippen LogP contribution in [0.2, 0.25) is 10.0 Å². The van der Waals surface area contributed by atoms with Crippen LogP contribution in [0.5, 0.6) is 0 Å². The summed E-state index contributed by atoms with van der Waals surface area (Å²) >= 11 is 12.2. The van der Waals surface area contributed by atoms with Crippen molar-refractivity contribution in [3.05, 3.63) is 52.0 Å². The first-order valence-corrected chi connectivity index (χ1v) is 8.48. The number of hydrogen-bond donors (Lipinski definition) is 0. The lowest BCUT2D eigenvalue weighted by Crippen LogP contribution is -2.31. The van der Waals surface area contributed by atoms with Crippen molar-refractivity contribution >= 4 is 29.1 Å². The summed E-state index contributed by atoms with van der Waals surface area (Å²) in [6.07, 6.45) is 6.11. The lowest BCUT2D eigenvalue weighted by molar-refractivity contribution is -0.129. The van der Waals surface area contributed by atoms with Gasteiger partial charge in [-0.15, -0.1) is 0 Å². The van der Waals surface area contributed by atoms with Crippen LogP contribution in [-0.2, 0) is 17.9 Å². The molecule has 0 spiro atoms. The summed E-state index contributed by atoms with van der Waals surface area (Å²) in [5.41, 5.74) is 0.979. The fraction of sp³-hybridized carbons (Fsp3) is 0.412. The average molecular weight is 352 g/mol. The topological polar surface area (TPSA) is 38.1 Å². The Bertz CT molecular complexity index is 710. The van der Waals surface area contributed by atoms with Crippen molar-refractivity contribution in [1.29, 1.82) is 0 Å². The molecule has 0 saturated heterocycles. The predicted molar refractivity (Wildman–Crippen MR) is 91.6 cm³/mol. The highest BCUT2D eigenvalue weighted by molar-refractivity contribution is 6.35. The van der Waals surface area contributed by atoms with Crippen molar-refractivity contribution < 1.29 is 4.79 Å². The third-order valence-corrected chi connectivity index (χ3v) is 4.70. The quantitative estimate of drug-likeness (QED) is 0.788. The van der Waals surface area contributed by atoms with Crippen LogP contribution in [-0.4, -0.2) is 26.9 Å². The van der Waals surface area contributed by atoms with Gasteiger partial charge in [-0.05, 0) is 36.5 Å². The van der Waals surface area contributed by atoms with E-state index in [4.69, 9.17) is 23.2 Å². The van der Waals surface area contributed by atoms with Crippen molar-refractivity contribution in [3.63, 3.8) is 0 Å². The van der Waals surface area contributed by atoms with Gasteiger partial charge in [-0.3, -0.25) is 4.79 Å². The molecule has 0 radical (unpaired) electrons. The van der Waals surface area contributed by atoms with Gasteiger partial charge in [0, 0.05) is 35.9 Å². The normalized spacial score (nSPS) is 14.0. The predicted octanol–water partition coefficient (Wildman–Crippen LogP) is 4.00. The van der Waals surface area contributed by atoms with E-state index in [1.165, 1.54) is 12.8 Å². The molecule has 1 aromatic carbocycles. The number of amides is 1. The molecule has 1 heterocycles. The number of rotatable bonds is 6. The molecule has 4 nitrogen and oxygen atoms in total. The maximum Gasteiger partial charge on any atom is 0.219 e. The van der Waals surface area contributed by atoms with E-state index in [9.17, 15) is 4.79 Å². The van der Waals surface area contributed by atoms with Crippen molar-refractivity contribution in [2.75, 3.05) is 6.54 Å². The molecule has 1 aliphatic rings. The number of aromatic nitrogens is 2. The molecule has 0 aliphatic heterocycles. The maximum atomic E-state index is 11.8. The second-order valence-corrected chi connectivity index (χ2v) is 6.89. The first kappa shape index (κ1) is 16.3. The number of imidazole rings is 1. The van der Waals surface area contributed by atoms with Crippen LogP contribution < -0.4 is 0 Å². The highest BCUT2D eigenvalue weighted by Crippen LogP contribution is 2.30. The fourth-order valence-corrected chi connectivity index (χ4v) is 3.02. The summed E-state index contributed by atoms with van der Waals surface area (Å²) in [6.45, 7) is 3.58. The van der Waals surface area contributed by atoms with Crippen LogP contribution in [0.15, 0.2) is 30.6 Å². The Kier molecular flexibility index (Phi) is 4.93. The van der Waals surface area contributed by atoms with Crippen LogP contribution in [0, 0.1) is 5.92 Å². The first-order valence-electron chi connectivity index (χ1n) is 7.72. The SMILES string of the molecule is CC(=O)N(Cc1nccn1Cc1ccc(Cl)cc1Cl)CC1CC1. The van der Waals surface area contributed by atoms with Crippen LogP contribution in [0.4, 0.5) is 0 Å². The number of carbonyl (C=O) groups excluding carboxylic acids is 1. The summed E-state index contributed by atoms with van der Waals surface area (Å²) in [4.78, 5) is 18.1. The van der Waals surface area contributed by atoms with Crippen LogP contribution >= 0.6 is 23.2 Å². The molecule has 0 N–H and O–H groups in total. The Labute approximate surface area is 146 Å². The van der Waals surface area contributed by atoms with Gasteiger partial charge in [0.15, 0.2) is 0 Å². The molecular formula is C17H19Cl2N3O. The summed E-state index contributed by atoms with van der Waals surface area (Å²) in [5.74, 6) is 1.62. The molecule has 3 rings (SSSR count). The lowest BCUT2D eigenvalue weighted by Gasteiger charge is -2.21. The Morgan fingerprint density at radius 3 is 2.83 bits per heavy atom. The van der Waals surface area contributed by atoms with E-state index in [-0.39, 0.29) is 5.91 Å². The standard InChI is InChI=1S/C17H19Cl2N3O/c1-12(23)22(9-13-2-3-13)11-17-20-6-7-21(17)10-14-4-5-15(18)8-16(14)19/h4-8,13H,2-3,9-11H2,1H3. The third kappa shape index (κ3) is 4.27. The first-order chi connectivity index (χ1) is 11.0. The van der Waals surface area contributed by atoms with Gasteiger partial charge in [0.25, 0.3) is 0 Å². The molecule has 0 unspecified atom stereocenters. The molecular weight excluding hydrogens is 333 g/mol. The zero-order valence-corrected chi connectivity index (χ0v) is 14.5. The molecule has 1 saturated carbocycles. The van der Waals surface area contributed by atoms with Crippen molar-refractivity contribution in [2.24, 2.45) is 5.92 Å². The minimum absolute atomic E-state index is 0.0935. The minimum Gasteiger partial charge on any atom is -0.335 e. The molecule has 1 fully saturated rings. The Hall–Kier alpha value is -1.52. The van der Waals surface area contributed by atoms with Crippen molar-refractivity contribution in [1.82, 2.24) is 14.5 Å². The van der Waals surface area contributed by atoms with Crippen LogP contribution in [0.3, 0.4) is 0 Å². The molecule has 1 amide bonds. The molecule has 122 valence electrons. The van der Waals surface area contributed by atoms with E-state index >= 15 is 0 Å². The van der Waals surface area contributed by atoms with Gasteiger partial charge < -0.3 is 9.47 Å². The number of carbonyl (C=O) groups is 1. The minimum atomic E-state index is 0.0935. The molecule has 2 aromatic rings. The van der Waals surface area contributed by atoms with Crippen molar-refractivity contribution in [3.8, 4) is 0 Å². The Morgan fingerprint density at radius 1 is 1.39 bits per heavy atom. The molecule has 1 aliphatic carbocycles. The molecule has 0 atom stereocenters. The average Bonchev–Trinajstić information content (AvgIpc) is 3.20. The summed E-state index contributed by atoms with van der Waals surface area (Å²) in [5, 5.41) is 1.26. The summed E-state index contributed by atoms with van der Waals surface area (Å²) in [7, 11) is 0. The second-order valence-electron chi connectivity index (χ2n) is 6.05. The van der Waals surface area contributed by atoms with Crippen molar-refractivity contribution in [2.45, 2.75) is 32.9 Å². The molecule has 1 aromatic heterocycles. The van der Waals surface area contributed by atoms with E-state index in [1.54, 1.807) is 19.2 Å². The van der Waals surface area contributed by atoms with Gasteiger partial charge in [-0.2, -0.15) is 0 Å². The number of nitrogens with zero attached hydrogens (tertiary/aromatic N) is 3. The number of benzene rings is 1. The second kappa shape index (κ2) is 6.93. The molecule has 0 bridgehead atoms. The van der Waals surface area contributed by atoms with Gasteiger partial charge >= 0.3 is 0 Å². The highest BCUT2D eigenvalue weighted by Gasteiger charge is 2.26. The smallest absolute Gasteiger partial charge is 0.219 e. The van der Waals surface area contributed by atoms with Gasteiger partial charge in [0.05, 0.1) is 13.1 Å². The lowest BCUT2D eigenvalue weighted by atomic mass is 10.2. The summed E-state index contributed by atoms with van der Waals surface area (Å²) < 4.78 is 2.03. The zero-order valence-electron chi connectivity index (χ0n) is 13.0. The monoisotopic (exact) mass is 351 g/mol. The van der Waals surface area contributed by atoms with Gasteiger partial charge in [-0.25, -0.2) is 4.98 Å². The highest BCUT2D eigenvalue weighted by atomic mass is 35.5. The Morgan fingerprint density at radius 2 is 2.17 bits per heavy atom. The van der Waals surface area contributed by atoms with Gasteiger partial charge in [0.2, 0.25) is 5.91 Å². The van der Waals surface area contributed by atoms with Gasteiger partial charge in [-0.1, -0.05) is 29.3 Å². The number of hydrogen-bond acceptors (Lipinski definition) is 2. The van der Waals surface area contributed by atoms with E-state index in [1.807, 2.05) is 27.8 Å². The Balaban J connectivity index is 1.74. The van der Waals surface area contributed by atoms with Gasteiger partial charge in [0.1, 0.15) is 5.82 Å². The number of halogens is 2. The maximum absolute atomic E-state index is 11.8. The van der Waals surface area contributed by atoms with Crippen LogP contribution in [0.25, 0.3) is 0 Å². The zero-order chi connectivity index (χ0) is 16.4. The van der Waals surface area contributed by atoms with Crippen LogP contribution in [0.1, 0.15) is 31.2 Å². The fourth-order valence-electron chi connectivity index (χ4n) is 2.56. The van der Waals surface area contributed by atoms with E-state index < -0.39 is 0 Å². The van der Waals surface area contributed by atoms with E-state index in [0.717, 1.165) is 17.9 Å². The largest absolute Gasteiger partial charge is 0.335 e. The molecule has 23 heavy (non-hydrogen) atoms.